The van der Waals surface area contributed by atoms with Gasteiger partial charge in [0.2, 0.25) is 0 Å². The van der Waals surface area contributed by atoms with E-state index in [9.17, 15) is 0 Å². The summed E-state index contributed by atoms with van der Waals surface area (Å²) in [7, 11) is 2.86. The van der Waals surface area contributed by atoms with Crippen molar-refractivity contribution in [1.29, 1.82) is 0 Å². The fourth-order valence-corrected chi connectivity index (χ4v) is 1.07. The average Bonchev–Trinajstić information content (AvgIpc) is 1.93. The standard InChI is InChI=1S/C12H23P/c1-11(2)9-7-5-6-8-10-12(3,4)13/h11H,7-10,13H2,1-4H3. The first kappa shape index (κ1) is 13.0. The van der Waals surface area contributed by atoms with Gasteiger partial charge in [-0.1, -0.05) is 27.7 Å². The third-order valence-corrected chi connectivity index (χ3v) is 2.15. The summed E-state index contributed by atoms with van der Waals surface area (Å²) in [6, 6.07) is 0. The van der Waals surface area contributed by atoms with Gasteiger partial charge < -0.3 is 0 Å². The molecule has 0 aliphatic heterocycles. The van der Waals surface area contributed by atoms with Gasteiger partial charge in [0, 0.05) is 12.8 Å². The van der Waals surface area contributed by atoms with Gasteiger partial charge in [-0.25, -0.2) is 0 Å². The van der Waals surface area contributed by atoms with Crippen LogP contribution in [0.25, 0.3) is 0 Å². The van der Waals surface area contributed by atoms with E-state index in [1.807, 2.05) is 0 Å². The van der Waals surface area contributed by atoms with Gasteiger partial charge >= 0.3 is 0 Å². The molecule has 0 fully saturated rings. The summed E-state index contributed by atoms with van der Waals surface area (Å²) in [6.45, 7) is 8.95. The Morgan fingerprint density at radius 1 is 1.15 bits per heavy atom. The average molecular weight is 198 g/mol. The summed E-state index contributed by atoms with van der Waals surface area (Å²) in [6.07, 6.45) is 4.51. The molecule has 76 valence electrons. The van der Waals surface area contributed by atoms with E-state index >= 15 is 0 Å². The summed E-state index contributed by atoms with van der Waals surface area (Å²) in [5.41, 5.74) is 0. The monoisotopic (exact) mass is 198 g/mol. The van der Waals surface area contributed by atoms with E-state index in [-0.39, 0.29) is 0 Å². The molecule has 0 aromatic rings. The molecule has 0 saturated carbocycles. The van der Waals surface area contributed by atoms with Gasteiger partial charge in [0.1, 0.15) is 0 Å². The fraction of sp³-hybridized carbons (Fsp3) is 0.833. The Bertz CT molecular complexity index is 176. The molecule has 0 amide bonds. The molecule has 0 aliphatic rings. The Balaban J connectivity index is 3.41. The Labute approximate surface area is 86.1 Å². The predicted octanol–water partition coefficient (Wildman–Crippen LogP) is 3.86. The van der Waals surface area contributed by atoms with Crippen molar-refractivity contribution in [1.82, 2.24) is 0 Å². The molecule has 0 radical (unpaired) electrons. The number of rotatable bonds is 4. The van der Waals surface area contributed by atoms with Crippen LogP contribution in [0.3, 0.4) is 0 Å². The van der Waals surface area contributed by atoms with Crippen LogP contribution in [0.4, 0.5) is 0 Å². The fourth-order valence-electron chi connectivity index (χ4n) is 0.922. The van der Waals surface area contributed by atoms with Gasteiger partial charge in [0.05, 0.1) is 0 Å². The van der Waals surface area contributed by atoms with E-state index in [0.717, 1.165) is 18.8 Å². The van der Waals surface area contributed by atoms with E-state index in [0.29, 0.717) is 5.16 Å². The summed E-state index contributed by atoms with van der Waals surface area (Å²) >= 11 is 0. The molecule has 0 aliphatic carbocycles. The molecular weight excluding hydrogens is 175 g/mol. The SMILES string of the molecule is CC(C)CCC#CCCC(C)(C)P. The minimum atomic E-state index is 0.354. The molecule has 0 N–H and O–H groups in total. The first-order valence-corrected chi connectivity index (χ1v) is 5.74. The molecule has 0 aromatic carbocycles. The molecule has 0 nitrogen and oxygen atoms in total. The lowest BCUT2D eigenvalue weighted by molar-refractivity contribution is 0.599. The molecule has 0 aromatic heterocycles. The lowest BCUT2D eigenvalue weighted by Gasteiger charge is -2.14. The highest BCUT2D eigenvalue weighted by atomic mass is 31.0. The quantitative estimate of drug-likeness (QED) is 0.475. The first-order valence-electron chi connectivity index (χ1n) is 5.16. The van der Waals surface area contributed by atoms with Crippen LogP contribution < -0.4 is 0 Å². The highest BCUT2D eigenvalue weighted by Crippen LogP contribution is 2.21. The molecule has 1 atom stereocenters. The van der Waals surface area contributed by atoms with Gasteiger partial charge in [-0.05, 0) is 23.9 Å². The molecule has 0 saturated heterocycles. The third-order valence-electron chi connectivity index (χ3n) is 1.87. The zero-order valence-corrected chi connectivity index (χ0v) is 10.6. The Morgan fingerprint density at radius 2 is 1.69 bits per heavy atom. The second-order valence-corrected chi connectivity index (χ2v) is 6.34. The van der Waals surface area contributed by atoms with Crippen molar-refractivity contribution in [3.8, 4) is 11.8 Å². The molecular formula is C12H23P. The van der Waals surface area contributed by atoms with E-state index in [1.165, 1.54) is 12.8 Å². The second kappa shape index (κ2) is 6.44. The minimum absolute atomic E-state index is 0.354. The summed E-state index contributed by atoms with van der Waals surface area (Å²) in [5.74, 6) is 7.25. The van der Waals surface area contributed by atoms with Crippen LogP contribution in [0.2, 0.25) is 0 Å². The van der Waals surface area contributed by atoms with Crippen LogP contribution in [-0.4, -0.2) is 5.16 Å². The first-order chi connectivity index (χ1) is 5.92. The van der Waals surface area contributed by atoms with Gasteiger partial charge in [-0.15, -0.1) is 21.1 Å². The van der Waals surface area contributed by atoms with Crippen LogP contribution in [0.5, 0.6) is 0 Å². The number of hydrogen-bond donors (Lipinski definition) is 0. The van der Waals surface area contributed by atoms with Crippen molar-refractivity contribution in [2.75, 3.05) is 0 Å². The maximum Gasteiger partial charge on any atom is 0.00969 e. The van der Waals surface area contributed by atoms with Crippen LogP contribution in [0.1, 0.15) is 53.4 Å². The Kier molecular flexibility index (Phi) is 6.44. The molecule has 0 rings (SSSR count). The topological polar surface area (TPSA) is 0 Å². The van der Waals surface area contributed by atoms with Crippen molar-refractivity contribution >= 4 is 9.24 Å². The van der Waals surface area contributed by atoms with Crippen molar-refractivity contribution in [3.05, 3.63) is 0 Å². The van der Waals surface area contributed by atoms with Crippen LogP contribution in [0, 0.1) is 17.8 Å². The Morgan fingerprint density at radius 3 is 2.15 bits per heavy atom. The van der Waals surface area contributed by atoms with Crippen LogP contribution in [0.15, 0.2) is 0 Å². The van der Waals surface area contributed by atoms with Crippen molar-refractivity contribution in [3.63, 3.8) is 0 Å². The van der Waals surface area contributed by atoms with E-state index in [4.69, 9.17) is 0 Å². The lowest BCUT2D eigenvalue weighted by Crippen LogP contribution is -2.07. The second-order valence-electron chi connectivity index (χ2n) is 4.77. The van der Waals surface area contributed by atoms with Crippen LogP contribution in [-0.2, 0) is 0 Å². The molecule has 13 heavy (non-hydrogen) atoms. The van der Waals surface area contributed by atoms with Crippen molar-refractivity contribution < 1.29 is 0 Å². The summed E-state index contributed by atoms with van der Waals surface area (Å²) in [4.78, 5) is 0. The molecule has 0 spiro atoms. The molecule has 1 heteroatoms. The lowest BCUT2D eigenvalue weighted by atomic mass is 10.1. The maximum atomic E-state index is 3.23. The smallest absolute Gasteiger partial charge is 0.00969 e. The molecule has 0 heterocycles. The zero-order valence-electron chi connectivity index (χ0n) is 9.48. The zero-order chi connectivity index (χ0) is 10.3. The van der Waals surface area contributed by atoms with E-state index in [1.54, 1.807) is 0 Å². The molecule has 0 bridgehead atoms. The van der Waals surface area contributed by atoms with Gasteiger partial charge in [-0.3, -0.25) is 0 Å². The summed E-state index contributed by atoms with van der Waals surface area (Å²) < 4.78 is 0. The van der Waals surface area contributed by atoms with E-state index < -0.39 is 0 Å². The van der Waals surface area contributed by atoms with Gasteiger partial charge in [0.15, 0.2) is 0 Å². The predicted molar refractivity (Wildman–Crippen MR) is 64.9 cm³/mol. The maximum absolute atomic E-state index is 3.23. The molecule has 1 unspecified atom stereocenters. The highest BCUT2D eigenvalue weighted by molar-refractivity contribution is 7.18. The van der Waals surface area contributed by atoms with Gasteiger partial charge in [-0.2, -0.15) is 0 Å². The third kappa shape index (κ3) is 12.0. The Hall–Kier alpha value is -0.0100. The van der Waals surface area contributed by atoms with E-state index in [2.05, 4.69) is 48.8 Å². The largest absolute Gasteiger partial charge is 0.132 e. The number of hydrogen-bond acceptors (Lipinski definition) is 0. The van der Waals surface area contributed by atoms with Crippen molar-refractivity contribution in [2.45, 2.75) is 58.5 Å². The normalized spacial score (nSPS) is 11.2. The van der Waals surface area contributed by atoms with Crippen LogP contribution >= 0.6 is 9.24 Å². The summed E-state index contributed by atoms with van der Waals surface area (Å²) in [5, 5.41) is 0.354. The minimum Gasteiger partial charge on any atom is -0.132 e. The van der Waals surface area contributed by atoms with Gasteiger partial charge in [0.25, 0.3) is 0 Å². The van der Waals surface area contributed by atoms with Crippen molar-refractivity contribution in [2.24, 2.45) is 5.92 Å². The highest BCUT2D eigenvalue weighted by Gasteiger charge is 2.07.